The van der Waals surface area contributed by atoms with Crippen molar-refractivity contribution in [2.24, 2.45) is 0 Å². The average Bonchev–Trinajstić information content (AvgIpc) is 2.99. The number of carbonyl (C=O) groups is 1. The molecule has 0 atom stereocenters. The summed E-state index contributed by atoms with van der Waals surface area (Å²) < 4.78 is 26.9. The van der Waals surface area contributed by atoms with Crippen molar-refractivity contribution in [3.05, 3.63) is 46.3 Å². The highest BCUT2D eigenvalue weighted by Gasteiger charge is 2.18. The fourth-order valence-electron chi connectivity index (χ4n) is 2.12. The molecule has 0 unspecified atom stereocenters. The van der Waals surface area contributed by atoms with Crippen LogP contribution in [0.5, 0.6) is 0 Å². The molecule has 2 N–H and O–H groups in total. The third-order valence-electron chi connectivity index (χ3n) is 3.42. The lowest BCUT2D eigenvalue weighted by atomic mass is 10.1. The Bertz CT molecular complexity index is 790. The smallest absolute Gasteiger partial charge is 0.250 e. The molecule has 0 aliphatic heterocycles. The van der Waals surface area contributed by atoms with Crippen LogP contribution in [0.2, 0.25) is 0 Å². The van der Waals surface area contributed by atoms with Gasteiger partial charge in [-0.25, -0.2) is 13.1 Å². The summed E-state index contributed by atoms with van der Waals surface area (Å²) in [6, 6.07) is 9.05. The maximum absolute atomic E-state index is 12.2. The standard InChI is InChI=1S/C16H20N2O3S2/c1-4-13-8-9-15(22-13)23(20,21)17-10-14(19)18-16-11(2)6-5-7-12(16)3/h5-9,17H,4,10H2,1-3H3,(H,18,19). The third kappa shape index (κ3) is 4.40. The molecule has 0 fully saturated rings. The highest BCUT2D eigenvalue weighted by atomic mass is 32.2. The van der Waals surface area contributed by atoms with Crippen LogP contribution in [0.1, 0.15) is 22.9 Å². The van der Waals surface area contributed by atoms with Crippen molar-refractivity contribution in [1.82, 2.24) is 4.72 Å². The topological polar surface area (TPSA) is 75.3 Å². The van der Waals surface area contributed by atoms with Crippen LogP contribution < -0.4 is 10.0 Å². The van der Waals surface area contributed by atoms with Crippen molar-refractivity contribution < 1.29 is 13.2 Å². The van der Waals surface area contributed by atoms with E-state index in [0.29, 0.717) is 0 Å². The number of thiophene rings is 1. The molecular weight excluding hydrogens is 332 g/mol. The largest absolute Gasteiger partial charge is 0.324 e. The van der Waals surface area contributed by atoms with E-state index in [9.17, 15) is 13.2 Å². The summed E-state index contributed by atoms with van der Waals surface area (Å²) in [7, 11) is -3.65. The quantitative estimate of drug-likeness (QED) is 0.839. The van der Waals surface area contributed by atoms with Crippen LogP contribution in [0.25, 0.3) is 0 Å². The van der Waals surface area contributed by atoms with Crippen LogP contribution in [0.15, 0.2) is 34.5 Å². The van der Waals surface area contributed by atoms with Gasteiger partial charge in [-0.1, -0.05) is 25.1 Å². The van der Waals surface area contributed by atoms with E-state index >= 15 is 0 Å². The molecule has 124 valence electrons. The van der Waals surface area contributed by atoms with Gasteiger partial charge in [0.1, 0.15) is 4.21 Å². The van der Waals surface area contributed by atoms with E-state index in [1.165, 1.54) is 11.3 Å². The number of hydrogen-bond acceptors (Lipinski definition) is 4. The van der Waals surface area contributed by atoms with Gasteiger partial charge in [-0.2, -0.15) is 0 Å². The Labute approximate surface area is 140 Å². The van der Waals surface area contributed by atoms with E-state index in [1.807, 2.05) is 39.0 Å². The van der Waals surface area contributed by atoms with Gasteiger partial charge in [0.2, 0.25) is 5.91 Å². The van der Waals surface area contributed by atoms with Gasteiger partial charge in [-0.05, 0) is 43.5 Å². The fourth-order valence-corrected chi connectivity index (χ4v) is 4.44. The van der Waals surface area contributed by atoms with Crippen molar-refractivity contribution in [2.75, 3.05) is 11.9 Å². The first-order valence-electron chi connectivity index (χ1n) is 7.28. The molecular formula is C16H20N2O3S2. The SMILES string of the molecule is CCc1ccc(S(=O)(=O)NCC(=O)Nc2c(C)cccc2C)s1. The number of rotatable bonds is 6. The zero-order valence-electron chi connectivity index (χ0n) is 13.3. The maximum Gasteiger partial charge on any atom is 0.250 e. The normalized spacial score (nSPS) is 11.4. The van der Waals surface area contributed by atoms with E-state index in [2.05, 4.69) is 10.0 Å². The van der Waals surface area contributed by atoms with Crippen LogP contribution >= 0.6 is 11.3 Å². The van der Waals surface area contributed by atoms with Crippen LogP contribution in [0.3, 0.4) is 0 Å². The predicted octanol–water partition coefficient (Wildman–Crippen LogP) is 2.84. The second kappa shape index (κ2) is 7.25. The van der Waals surface area contributed by atoms with Gasteiger partial charge in [0, 0.05) is 10.6 Å². The van der Waals surface area contributed by atoms with Gasteiger partial charge >= 0.3 is 0 Å². The number of amides is 1. The number of anilines is 1. The lowest BCUT2D eigenvalue weighted by Crippen LogP contribution is -2.32. The van der Waals surface area contributed by atoms with Crippen molar-refractivity contribution >= 4 is 33.0 Å². The molecule has 5 nitrogen and oxygen atoms in total. The summed E-state index contributed by atoms with van der Waals surface area (Å²) in [4.78, 5) is 13.0. The molecule has 0 radical (unpaired) electrons. The van der Waals surface area contributed by atoms with E-state index in [-0.39, 0.29) is 10.8 Å². The zero-order chi connectivity index (χ0) is 17.0. The predicted molar refractivity (Wildman–Crippen MR) is 93.4 cm³/mol. The summed E-state index contributed by atoms with van der Waals surface area (Å²) >= 11 is 1.22. The Morgan fingerprint density at radius 2 is 1.78 bits per heavy atom. The molecule has 0 saturated carbocycles. The van der Waals surface area contributed by atoms with E-state index in [0.717, 1.165) is 28.1 Å². The Balaban J connectivity index is 2.01. The van der Waals surface area contributed by atoms with Gasteiger partial charge in [-0.15, -0.1) is 11.3 Å². The molecule has 1 aromatic heterocycles. The van der Waals surface area contributed by atoms with Gasteiger partial charge in [0.15, 0.2) is 0 Å². The molecule has 0 bridgehead atoms. The first-order chi connectivity index (χ1) is 10.8. The Kier molecular flexibility index (Phi) is 5.56. The van der Waals surface area contributed by atoms with Crippen LogP contribution in [-0.4, -0.2) is 20.9 Å². The molecule has 0 saturated heterocycles. The number of hydrogen-bond donors (Lipinski definition) is 2. The fraction of sp³-hybridized carbons (Fsp3) is 0.312. The summed E-state index contributed by atoms with van der Waals surface area (Å²) in [5.41, 5.74) is 2.60. The van der Waals surface area contributed by atoms with Crippen molar-refractivity contribution in [2.45, 2.75) is 31.4 Å². The van der Waals surface area contributed by atoms with Crippen LogP contribution in [-0.2, 0) is 21.2 Å². The summed E-state index contributed by atoms with van der Waals surface area (Å²) in [5.74, 6) is -0.391. The molecule has 23 heavy (non-hydrogen) atoms. The van der Waals surface area contributed by atoms with Gasteiger partial charge in [-0.3, -0.25) is 4.79 Å². The minimum atomic E-state index is -3.65. The van der Waals surface area contributed by atoms with Gasteiger partial charge in [0.25, 0.3) is 10.0 Å². The number of benzene rings is 1. The highest BCUT2D eigenvalue weighted by Crippen LogP contribution is 2.22. The molecule has 0 aliphatic rings. The minimum Gasteiger partial charge on any atom is -0.324 e. The molecule has 0 aliphatic carbocycles. The van der Waals surface area contributed by atoms with Crippen molar-refractivity contribution in [3.63, 3.8) is 0 Å². The molecule has 2 aromatic rings. The summed E-state index contributed by atoms with van der Waals surface area (Å²) in [6.07, 6.45) is 0.785. The zero-order valence-corrected chi connectivity index (χ0v) is 15.0. The van der Waals surface area contributed by atoms with E-state index in [4.69, 9.17) is 0 Å². The van der Waals surface area contributed by atoms with E-state index < -0.39 is 15.9 Å². The monoisotopic (exact) mass is 352 g/mol. The lowest BCUT2D eigenvalue weighted by molar-refractivity contribution is -0.115. The molecule has 0 spiro atoms. The second-order valence-corrected chi connectivity index (χ2v) is 8.38. The third-order valence-corrected chi connectivity index (χ3v) is 6.54. The van der Waals surface area contributed by atoms with Gasteiger partial charge in [0.05, 0.1) is 6.54 Å². The summed E-state index contributed by atoms with van der Waals surface area (Å²) in [5, 5.41) is 2.76. The first kappa shape index (κ1) is 17.7. The van der Waals surface area contributed by atoms with Crippen molar-refractivity contribution in [1.29, 1.82) is 0 Å². The van der Waals surface area contributed by atoms with E-state index in [1.54, 1.807) is 12.1 Å². The average molecular weight is 352 g/mol. The minimum absolute atomic E-state index is 0.231. The lowest BCUT2D eigenvalue weighted by Gasteiger charge is -2.11. The maximum atomic E-state index is 12.2. The number of nitrogens with one attached hydrogen (secondary N) is 2. The summed E-state index contributed by atoms with van der Waals surface area (Å²) in [6.45, 7) is 5.46. The Morgan fingerprint density at radius 3 is 2.35 bits per heavy atom. The number of sulfonamides is 1. The van der Waals surface area contributed by atoms with Crippen molar-refractivity contribution in [3.8, 4) is 0 Å². The molecule has 1 heterocycles. The number of carbonyl (C=O) groups excluding carboxylic acids is 1. The number of para-hydroxylation sites is 1. The molecule has 7 heteroatoms. The Hall–Kier alpha value is -1.70. The van der Waals surface area contributed by atoms with Crippen LogP contribution in [0.4, 0.5) is 5.69 Å². The van der Waals surface area contributed by atoms with Gasteiger partial charge < -0.3 is 5.32 Å². The van der Waals surface area contributed by atoms with Crippen LogP contribution in [0, 0.1) is 13.8 Å². The number of aryl methyl sites for hydroxylation is 3. The second-order valence-electron chi connectivity index (χ2n) is 5.21. The first-order valence-corrected chi connectivity index (χ1v) is 9.58. The highest BCUT2D eigenvalue weighted by molar-refractivity contribution is 7.91. The molecule has 1 amide bonds. The Morgan fingerprint density at radius 1 is 1.13 bits per heavy atom. The molecule has 2 rings (SSSR count). The molecule has 1 aromatic carbocycles.